The fourth-order valence-electron chi connectivity index (χ4n) is 1.86. The molecule has 1 unspecified atom stereocenters. The average molecular weight is 207 g/mol. The zero-order chi connectivity index (χ0) is 10.8. The molecule has 0 aromatic heterocycles. The lowest BCUT2D eigenvalue weighted by molar-refractivity contribution is -0.0365. The van der Waals surface area contributed by atoms with Gasteiger partial charge in [0.15, 0.2) is 0 Å². The Balaban J connectivity index is 2.17. The van der Waals surface area contributed by atoms with Gasteiger partial charge >= 0.3 is 0 Å². The lowest BCUT2D eigenvalue weighted by atomic mass is 10.1. The largest absolute Gasteiger partial charge is 0.496 e. The summed E-state index contributed by atoms with van der Waals surface area (Å²) in [6, 6.07) is 5.82. The molecule has 0 spiro atoms. The molecular formula is C12H17NO2. The normalized spacial score (nSPS) is 18.3. The van der Waals surface area contributed by atoms with Gasteiger partial charge in [0.1, 0.15) is 12.0 Å². The molecule has 82 valence electrons. The molecule has 0 bridgehead atoms. The summed E-state index contributed by atoms with van der Waals surface area (Å²) in [5, 5.41) is 10.0. The predicted octanol–water partition coefficient (Wildman–Crippen LogP) is 1.70. The first kappa shape index (κ1) is 10.5. The lowest BCUT2D eigenvalue weighted by Gasteiger charge is -2.35. The number of nitrogens with zero attached hydrogens (tertiary/aromatic N) is 1. The number of ether oxygens (including phenoxy) is 1. The third-order valence-electron chi connectivity index (χ3n) is 2.95. The van der Waals surface area contributed by atoms with E-state index in [1.165, 1.54) is 6.42 Å². The van der Waals surface area contributed by atoms with E-state index in [4.69, 9.17) is 4.74 Å². The summed E-state index contributed by atoms with van der Waals surface area (Å²) < 4.78 is 5.19. The maximum atomic E-state index is 10.0. The average Bonchev–Trinajstić information content (AvgIpc) is 2.15. The monoisotopic (exact) mass is 207 g/mol. The topological polar surface area (TPSA) is 32.7 Å². The number of benzene rings is 1. The van der Waals surface area contributed by atoms with E-state index in [-0.39, 0.29) is 0 Å². The van der Waals surface area contributed by atoms with Crippen molar-refractivity contribution in [1.29, 1.82) is 0 Å². The molecule has 1 heterocycles. The molecule has 1 aromatic rings. The van der Waals surface area contributed by atoms with Gasteiger partial charge in [0.05, 0.1) is 7.11 Å². The van der Waals surface area contributed by atoms with Crippen molar-refractivity contribution in [3.8, 4) is 5.75 Å². The minimum absolute atomic E-state index is 0.455. The first-order valence-electron chi connectivity index (χ1n) is 5.29. The van der Waals surface area contributed by atoms with Crippen molar-refractivity contribution < 1.29 is 9.84 Å². The summed E-state index contributed by atoms with van der Waals surface area (Å²) in [7, 11) is 1.66. The van der Waals surface area contributed by atoms with E-state index in [0.29, 0.717) is 0 Å². The summed E-state index contributed by atoms with van der Waals surface area (Å²) in [5.41, 5.74) is 2.02. The zero-order valence-electron chi connectivity index (χ0n) is 9.23. The first-order chi connectivity index (χ1) is 7.22. The van der Waals surface area contributed by atoms with Crippen LogP contribution < -0.4 is 4.74 Å². The second-order valence-electron chi connectivity index (χ2n) is 3.99. The van der Waals surface area contributed by atoms with Gasteiger partial charge in [0.2, 0.25) is 0 Å². The molecule has 3 nitrogen and oxygen atoms in total. The van der Waals surface area contributed by atoms with Gasteiger partial charge < -0.3 is 9.84 Å². The highest BCUT2D eigenvalue weighted by atomic mass is 16.5. The second kappa shape index (κ2) is 4.21. The van der Waals surface area contributed by atoms with Crippen LogP contribution in [0.4, 0.5) is 0 Å². The van der Waals surface area contributed by atoms with Crippen LogP contribution in [-0.2, 0) is 0 Å². The van der Waals surface area contributed by atoms with Crippen LogP contribution in [0.3, 0.4) is 0 Å². The molecule has 3 heteroatoms. The SMILES string of the molecule is COc1ccc(C(O)N2CCC2)cc1C. The maximum Gasteiger partial charge on any atom is 0.133 e. The van der Waals surface area contributed by atoms with Crippen molar-refractivity contribution in [2.45, 2.75) is 19.6 Å². The van der Waals surface area contributed by atoms with E-state index in [0.717, 1.165) is 30.0 Å². The van der Waals surface area contributed by atoms with Gasteiger partial charge in [0.25, 0.3) is 0 Å². The van der Waals surface area contributed by atoms with Crippen molar-refractivity contribution >= 4 is 0 Å². The predicted molar refractivity (Wildman–Crippen MR) is 58.9 cm³/mol. The van der Waals surface area contributed by atoms with Crippen LogP contribution in [0.5, 0.6) is 5.75 Å². The molecule has 1 aliphatic rings. The molecule has 0 radical (unpaired) electrons. The van der Waals surface area contributed by atoms with E-state index in [2.05, 4.69) is 4.90 Å². The summed E-state index contributed by atoms with van der Waals surface area (Å²) in [6.07, 6.45) is 0.731. The Bertz CT molecular complexity index is 347. The molecule has 15 heavy (non-hydrogen) atoms. The number of hydrogen-bond acceptors (Lipinski definition) is 3. The molecule has 0 aliphatic carbocycles. The molecule has 1 fully saturated rings. The van der Waals surface area contributed by atoms with Crippen LogP contribution >= 0.6 is 0 Å². The number of methoxy groups -OCH3 is 1. The Labute approximate surface area is 90.3 Å². The Hall–Kier alpha value is -1.06. The molecule has 1 aliphatic heterocycles. The quantitative estimate of drug-likeness (QED) is 0.819. The van der Waals surface area contributed by atoms with Crippen molar-refractivity contribution in [1.82, 2.24) is 4.90 Å². The Morgan fingerprint density at radius 2 is 2.13 bits per heavy atom. The fraction of sp³-hybridized carbons (Fsp3) is 0.500. The van der Waals surface area contributed by atoms with Gasteiger partial charge in [-0.2, -0.15) is 0 Å². The smallest absolute Gasteiger partial charge is 0.133 e. The summed E-state index contributed by atoms with van der Waals surface area (Å²) >= 11 is 0. The molecule has 2 rings (SSSR count). The van der Waals surface area contributed by atoms with Crippen LogP contribution in [-0.4, -0.2) is 30.2 Å². The van der Waals surface area contributed by atoms with Gasteiger partial charge in [-0.3, -0.25) is 4.90 Å². The van der Waals surface area contributed by atoms with Crippen LogP contribution in [0, 0.1) is 6.92 Å². The Morgan fingerprint density at radius 3 is 2.60 bits per heavy atom. The Morgan fingerprint density at radius 1 is 1.40 bits per heavy atom. The van der Waals surface area contributed by atoms with Crippen molar-refractivity contribution in [2.75, 3.05) is 20.2 Å². The van der Waals surface area contributed by atoms with Crippen molar-refractivity contribution in [3.05, 3.63) is 29.3 Å². The number of likely N-dealkylation sites (tertiary alicyclic amines) is 1. The van der Waals surface area contributed by atoms with Gasteiger partial charge in [-0.1, -0.05) is 6.07 Å². The van der Waals surface area contributed by atoms with E-state index >= 15 is 0 Å². The first-order valence-corrected chi connectivity index (χ1v) is 5.29. The van der Waals surface area contributed by atoms with Crippen molar-refractivity contribution in [2.24, 2.45) is 0 Å². The molecular weight excluding hydrogens is 190 g/mol. The summed E-state index contributed by atoms with van der Waals surface area (Å²) in [4.78, 5) is 2.06. The van der Waals surface area contributed by atoms with E-state index in [1.807, 2.05) is 25.1 Å². The molecule has 1 atom stereocenters. The zero-order valence-corrected chi connectivity index (χ0v) is 9.23. The maximum absolute atomic E-state index is 10.0. The third-order valence-corrected chi connectivity index (χ3v) is 2.95. The highest BCUT2D eigenvalue weighted by Gasteiger charge is 2.23. The Kier molecular flexibility index (Phi) is 2.93. The highest BCUT2D eigenvalue weighted by molar-refractivity contribution is 5.36. The standard InChI is InChI=1S/C12H17NO2/c1-9-8-10(4-5-11(9)15-2)12(14)13-6-3-7-13/h4-5,8,12,14H,3,6-7H2,1-2H3. The fourth-order valence-corrected chi connectivity index (χ4v) is 1.86. The molecule has 1 N–H and O–H groups in total. The van der Waals surface area contributed by atoms with E-state index < -0.39 is 6.23 Å². The number of rotatable bonds is 3. The van der Waals surface area contributed by atoms with Gasteiger partial charge in [-0.05, 0) is 36.6 Å². The number of aliphatic hydroxyl groups excluding tert-OH is 1. The molecule has 0 amide bonds. The minimum atomic E-state index is -0.455. The molecule has 1 saturated heterocycles. The van der Waals surface area contributed by atoms with Gasteiger partial charge in [-0.25, -0.2) is 0 Å². The molecule has 0 saturated carbocycles. The van der Waals surface area contributed by atoms with Gasteiger partial charge in [-0.15, -0.1) is 0 Å². The van der Waals surface area contributed by atoms with Crippen molar-refractivity contribution in [3.63, 3.8) is 0 Å². The van der Waals surface area contributed by atoms with Gasteiger partial charge in [0, 0.05) is 13.1 Å². The number of aryl methyl sites for hydroxylation is 1. The van der Waals surface area contributed by atoms with Crippen LogP contribution in [0.25, 0.3) is 0 Å². The summed E-state index contributed by atoms with van der Waals surface area (Å²) in [6.45, 7) is 3.98. The van der Waals surface area contributed by atoms with Crippen LogP contribution in [0.2, 0.25) is 0 Å². The highest BCUT2D eigenvalue weighted by Crippen LogP contribution is 2.26. The summed E-state index contributed by atoms with van der Waals surface area (Å²) in [5.74, 6) is 0.870. The number of hydrogen-bond donors (Lipinski definition) is 1. The second-order valence-corrected chi connectivity index (χ2v) is 3.99. The van der Waals surface area contributed by atoms with Crippen LogP contribution in [0.1, 0.15) is 23.8 Å². The lowest BCUT2D eigenvalue weighted by Crippen LogP contribution is -2.40. The third kappa shape index (κ3) is 1.98. The van der Waals surface area contributed by atoms with Crippen LogP contribution in [0.15, 0.2) is 18.2 Å². The number of aliphatic hydroxyl groups is 1. The minimum Gasteiger partial charge on any atom is -0.496 e. The van der Waals surface area contributed by atoms with E-state index in [9.17, 15) is 5.11 Å². The molecule has 1 aromatic carbocycles. The van der Waals surface area contributed by atoms with E-state index in [1.54, 1.807) is 7.11 Å².